The van der Waals surface area contributed by atoms with E-state index in [1.165, 1.54) is 0 Å². The Morgan fingerprint density at radius 2 is 2.05 bits per heavy atom. The molecule has 5 nitrogen and oxygen atoms in total. The van der Waals surface area contributed by atoms with Gasteiger partial charge < -0.3 is 14.8 Å². The molecule has 2 rings (SSSR count). The second-order valence-corrected chi connectivity index (χ2v) is 5.26. The zero-order chi connectivity index (χ0) is 15.2. The summed E-state index contributed by atoms with van der Waals surface area (Å²) in [5.41, 5.74) is 1.10. The summed E-state index contributed by atoms with van der Waals surface area (Å²) in [5, 5.41) is 3.00. The number of nitrogens with one attached hydrogen (secondary N) is 1. The lowest BCUT2D eigenvalue weighted by atomic mass is 10.2. The van der Waals surface area contributed by atoms with E-state index in [-0.39, 0.29) is 0 Å². The van der Waals surface area contributed by atoms with Gasteiger partial charge in [0.15, 0.2) is 5.82 Å². The van der Waals surface area contributed by atoms with Gasteiger partial charge in [0.05, 0.1) is 0 Å². The van der Waals surface area contributed by atoms with Gasteiger partial charge >= 0.3 is 0 Å². The highest BCUT2D eigenvalue weighted by Crippen LogP contribution is 2.26. The summed E-state index contributed by atoms with van der Waals surface area (Å²) in [6, 6.07) is 7.55. The molecule has 1 aromatic carbocycles. The first-order valence-electron chi connectivity index (χ1n) is 6.70. The first-order valence-corrected chi connectivity index (χ1v) is 7.49. The fraction of sp³-hybridized carbons (Fsp3) is 0.333. The summed E-state index contributed by atoms with van der Waals surface area (Å²) in [5.74, 6) is 2.51. The molecule has 0 spiro atoms. The van der Waals surface area contributed by atoms with Crippen molar-refractivity contribution < 1.29 is 9.47 Å². The van der Waals surface area contributed by atoms with Gasteiger partial charge in [0.2, 0.25) is 5.88 Å². The lowest BCUT2D eigenvalue weighted by molar-refractivity contribution is 0.128. The van der Waals surface area contributed by atoms with Crippen LogP contribution in [0, 0.1) is 6.92 Å². The number of hydrogen-bond acceptors (Lipinski definition) is 5. The molecular formula is C15H18BrN3O2. The molecule has 1 heterocycles. The van der Waals surface area contributed by atoms with Gasteiger partial charge in [0.25, 0.3) is 0 Å². The van der Waals surface area contributed by atoms with Gasteiger partial charge in [-0.3, -0.25) is 0 Å². The normalized spacial score (nSPS) is 10.5. The quantitative estimate of drug-likeness (QED) is 0.854. The van der Waals surface area contributed by atoms with Crippen molar-refractivity contribution in [3.05, 3.63) is 40.1 Å². The molecule has 0 saturated carbocycles. The number of nitrogens with zero attached hydrogens (tertiary/aromatic N) is 2. The molecule has 0 atom stereocenters. The molecule has 21 heavy (non-hydrogen) atoms. The first-order chi connectivity index (χ1) is 10.1. The molecular weight excluding hydrogens is 334 g/mol. The Balaban J connectivity index is 2.23. The number of hydrogen-bond donors (Lipinski definition) is 1. The Hall–Kier alpha value is -1.66. The second-order valence-electron chi connectivity index (χ2n) is 4.41. The highest BCUT2D eigenvalue weighted by molar-refractivity contribution is 9.10. The van der Waals surface area contributed by atoms with Crippen LogP contribution in [0.4, 0.5) is 5.82 Å². The third-order valence-electron chi connectivity index (χ3n) is 2.79. The number of aromatic nitrogens is 2. The third-order valence-corrected chi connectivity index (χ3v) is 3.68. The Bertz CT molecular complexity index is 620. The van der Waals surface area contributed by atoms with Gasteiger partial charge in [0.1, 0.15) is 18.2 Å². The van der Waals surface area contributed by atoms with Crippen LogP contribution in [0.1, 0.15) is 18.3 Å². The molecule has 0 radical (unpaired) electrons. The SMILES string of the molecule is CCOCc1nc(NC)cc(Oc2ccc(Br)c(C)c2)n1. The lowest BCUT2D eigenvalue weighted by Gasteiger charge is -2.10. The second kappa shape index (κ2) is 7.38. The van der Waals surface area contributed by atoms with Crippen molar-refractivity contribution in [3.63, 3.8) is 0 Å². The molecule has 0 bridgehead atoms. The molecule has 0 aliphatic heterocycles. The fourth-order valence-corrected chi connectivity index (χ4v) is 1.96. The summed E-state index contributed by atoms with van der Waals surface area (Å²) >= 11 is 3.47. The van der Waals surface area contributed by atoms with E-state index in [0.717, 1.165) is 15.8 Å². The van der Waals surface area contributed by atoms with E-state index in [1.54, 1.807) is 13.1 Å². The number of halogens is 1. The molecule has 0 saturated heterocycles. The molecule has 0 amide bonds. The summed E-state index contributed by atoms with van der Waals surface area (Å²) < 4.78 is 12.2. The molecule has 2 aromatic rings. The van der Waals surface area contributed by atoms with E-state index in [4.69, 9.17) is 9.47 Å². The standard InChI is InChI=1S/C15H18BrN3O2/c1-4-20-9-14-18-13(17-3)8-15(19-14)21-11-5-6-12(16)10(2)7-11/h5-8H,4,9H2,1-3H3,(H,17,18,19). The van der Waals surface area contributed by atoms with Crippen LogP contribution in [-0.4, -0.2) is 23.6 Å². The summed E-state index contributed by atoms with van der Waals surface area (Å²) in [7, 11) is 1.81. The maximum atomic E-state index is 5.81. The van der Waals surface area contributed by atoms with E-state index < -0.39 is 0 Å². The maximum Gasteiger partial charge on any atom is 0.224 e. The topological polar surface area (TPSA) is 56.3 Å². The smallest absolute Gasteiger partial charge is 0.224 e. The van der Waals surface area contributed by atoms with Crippen molar-refractivity contribution in [1.29, 1.82) is 0 Å². The monoisotopic (exact) mass is 351 g/mol. The zero-order valence-electron chi connectivity index (χ0n) is 12.3. The molecule has 0 aliphatic carbocycles. The zero-order valence-corrected chi connectivity index (χ0v) is 13.9. The first kappa shape index (κ1) is 15.7. The Kier molecular flexibility index (Phi) is 5.52. The van der Waals surface area contributed by atoms with Gasteiger partial charge in [-0.1, -0.05) is 15.9 Å². The van der Waals surface area contributed by atoms with Crippen LogP contribution in [0.25, 0.3) is 0 Å². The van der Waals surface area contributed by atoms with Crippen molar-refractivity contribution in [2.75, 3.05) is 19.0 Å². The van der Waals surface area contributed by atoms with Crippen molar-refractivity contribution in [2.45, 2.75) is 20.5 Å². The molecule has 112 valence electrons. The van der Waals surface area contributed by atoms with Crippen LogP contribution in [0.3, 0.4) is 0 Å². The van der Waals surface area contributed by atoms with Crippen LogP contribution in [-0.2, 0) is 11.3 Å². The maximum absolute atomic E-state index is 5.81. The average Bonchev–Trinajstić information content (AvgIpc) is 2.48. The molecule has 0 fully saturated rings. The summed E-state index contributed by atoms with van der Waals surface area (Å²) in [6.07, 6.45) is 0. The van der Waals surface area contributed by atoms with Crippen molar-refractivity contribution in [3.8, 4) is 11.6 Å². The van der Waals surface area contributed by atoms with Crippen LogP contribution in [0.15, 0.2) is 28.7 Å². The molecule has 6 heteroatoms. The number of ether oxygens (including phenoxy) is 2. The van der Waals surface area contributed by atoms with Gasteiger partial charge in [-0.05, 0) is 37.6 Å². The van der Waals surface area contributed by atoms with Crippen molar-refractivity contribution in [2.24, 2.45) is 0 Å². The Morgan fingerprint density at radius 3 is 2.71 bits per heavy atom. The summed E-state index contributed by atoms with van der Waals surface area (Å²) in [6.45, 7) is 4.93. The van der Waals surface area contributed by atoms with E-state index in [9.17, 15) is 0 Å². The van der Waals surface area contributed by atoms with Crippen LogP contribution in [0.2, 0.25) is 0 Å². The minimum atomic E-state index is 0.363. The van der Waals surface area contributed by atoms with E-state index in [0.29, 0.717) is 30.7 Å². The lowest BCUT2D eigenvalue weighted by Crippen LogP contribution is -2.04. The minimum Gasteiger partial charge on any atom is -0.439 e. The van der Waals surface area contributed by atoms with Crippen LogP contribution < -0.4 is 10.1 Å². The highest BCUT2D eigenvalue weighted by Gasteiger charge is 2.07. The van der Waals surface area contributed by atoms with Crippen LogP contribution in [0.5, 0.6) is 11.6 Å². The number of aryl methyl sites for hydroxylation is 1. The third kappa shape index (κ3) is 4.41. The summed E-state index contributed by atoms with van der Waals surface area (Å²) in [4.78, 5) is 8.68. The van der Waals surface area contributed by atoms with E-state index >= 15 is 0 Å². The number of anilines is 1. The number of rotatable bonds is 6. The van der Waals surface area contributed by atoms with Crippen LogP contribution >= 0.6 is 15.9 Å². The van der Waals surface area contributed by atoms with Gasteiger partial charge in [-0.25, -0.2) is 4.98 Å². The van der Waals surface area contributed by atoms with E-state index in [2.05, 4.69) is 31.2 Å². The predicted octanol–water partition coefficient (Wildman–Crippen LogP) is 3.92. The largest absolute Gasteiger partial charge is 0.439 e. The Labute approximate surface area is 132 Å². The van der Waals surface area contributed by atoms with Gasteiger partial charge in [0, 0.05) is 24.2 Å². The minimum absolute atomic E-state index is 0.363. The van der Waals surface area contributed by atoms with Crippen molar-refractivity contribution >= 4 is 21.7 Å². The molecule has 0 unspecified atom stereocenters. The molecule has 0 aliphatic rings. The predicted molar refractivity (Wildman–Crippen MR) is 85.9 cm³/mol. The van der Waals surface area contributed by atoms with Gasteiger partial charge in [-0.2, -0.15) is 4.98 Å². The molecule has 1 N–H and O–H groups in total. The highest BCUT2D eigenvalue weighted by atomic mass is 79.9. The van der Waals surface area contributed by atoms with Gasteiger partial charge in [-0.15, -0.1) is 0 Å². The average molecular weight is 352 g/mol. The molecule has 1 aromatic heterocycles. The van der Waals surface area contributed by atoms with Crippen molar-refractivity contribution in [1.82, 2.24) is 9.97 Å². The number of benzene rings is 1. The Morgan fingerprint density at radius 1 is 1.24 bits per heavy atom. The van der Waals surface area contributed by atoms with E-state index in [1.807, 2.05) is 32.0 Å². The fourth-order valence-electron chi connectivity index (χ4n) is 1.71.